The van der Waals surface area contributed by atoms with Gasteiger partial charge in [-0.25, -0.2) is 4.79 Å². The number of nitro benzene ring substituents is 1. The molecule has 0 heterocycles. The second-order valence-electron chi connectivity index (χ2n) is 5.73. The molecular formula is C14H19N3O5. The second kappa shape index (κ2) is 6.88. The molecule has 8 nitrogen and oxygen atoms in total. The fourth-order valence-corrected chi connectivity index (χ4v) is 1.66. The van der Waals surface area contributed by atoms with Crippen molar-refractivity contribution in [3.8, 4) is 0 Å². The van der Waals surface area contributed by atoms with Crippen LogP contribution in [-0.4, -0.2) is 28.6 Å². The molecule has 0 spiro atoms. The van der Waals surface area contributed by atoms with Crippen molar-refractivity contribution in [3.05, 3.63) is 39.9 Å². The molecule has 1 atom stereocenters. The molecule has 0 aromatic heterocycles. The van der Waals surface area contributed by atoms with Gasteiger partial charge >= 0.3 is 6.09 Å². The van der Waals surface area contributed by atoms with Crippen LogP contribution in [-0.2, 0) is 16.0 Å². The number of nitrogens with one attached hydrogen (secondary N) is 1. The van der Waals surface area contributed by atoms with Crippen molar-refractivity contribution in [1.29, 1.82) is 0 Å². The zero-order valence-corrected chi connectivity index (χ0v) is 12.7. The van der Waals surface area contributed by atoms with Crippen molar-refractivity contribution in [2.75, 3.05) is 0 Å². The molecule has 22 heavy (non-hydrogen) atoms. The van der Waals surface area contributed by atoms with Crippen molar-refractivity contribution in [3.63, 3.8) is 0 Å². The number of nitrogens with two attached hydrogens (primary N) is 1. The van der Waals surface area contributed by atoms with Gasteiger partial charge in [0.1, 0.15) is 11.6 Å². The number of non-ortho nitro benzene ring substituents is 1. The Kier molecular flexibility index (Phi) is 5.44. The Balaban J connectivity index is 2.74. The van der Waals surface area contributed by atoms with E-state index in [9.17, 15) is 19.7 Å². The van der Waals surface area contributed by atoms with E-state index in [1.807, 2.05) is 0 Å². The predicted molar refractivity (Wildman–Crippen MR) is 79.2 cm³/mol. The van der Waals surface area contributed by atoms with Crippen LogP contribution in [0.2, 0.25) is 0 Å². The fourth-order valence-electron chi connectivity index (χ4n) is 1.66. The van der Waals surface area contributed by atoms with Crippen LogP contribution in [0.3, 0.4) is 0 Å². The Hall–Kier alpha value is -2.64. The summed E-state index contributed by atoms with van der Waals surface area (Å²) in [4.78, 5) is 33.2. The quantitative estimate of drug-likeness (QED) is 0.630. The lowest BCUT2D eigenvalue weighted by atomic mass is 10.1. The lowest BCUT2D eigenvalue weighted by molar-refractivity contribution is -0.384. The average Bonchev–Trinajstić information content (AvgIpc) is 2.36. The van der Waals surface area contributed by atoms with E-state index in [4.69, 9.17) is 10.5 Å². The summed E-state index contributed by atoms with van der Waals surface area (Å²) in [6.07, 6.45) is -0.634. The molecular weight excluding hydrogens is 290 g/mol. The summed E-state index contributed by atoms with van der Waals surface area (Å²) in [5.41, 5.74) is 5.14. The molecule has 0 saturated carbocycles. The van der Waals surface area contributed by atoms with Crippen LogP contribution < -0.4 is 11.1 Å². The third-order valence-electron chi connectivity index (χ3n) is 2.62. The van der Waals surface area contributed by atoms with Gasteiger partial charge in [0.05, 0.1) is 4.92 Å². The summed E-state index contributed by atoms with van der Waals surface area (Å²) in [6.45, 7) is 5.09. The Morgan fingerprint density at radius 2 is 1.86 bits per heavy atom. The molecule has 8 heteroatoms. The number of carbonyl (C=O) groups is 2. The third kappa shape index (κ3) is 5.78. The van der Waals surface area contributed by atoms with Crippen LogP contribution in [0.5, 0.6) is 0 Å². The van der Waals surface area contributed by atoms with Gasteiger partial charge in [0.25, 0.3) is 5.69 Å². The third-order valence-corrected chi connectivity index (χ3v) is 2.62. The monoisotopic (exact) mass is 309 g/mol. The van der Waals surface area contributed by atoms with Crippen LogP contribution in [0.4, 0.5) is 10.5 Å². The molecule has 0 fully saturated rings. The molecule has 1 unspecified atom stereocenters. The number of ether oxygens (including phenoxy) is 1. The van der Waals surface area contributed by atoms with Crippen molar-refractivity contribution in [2.45, 2.75) is 38.8 Å². The number of amides is 2. The maximum absolute atomic E-state index is 11.7. The Labute approximate surface area is 127 Å². The van der Waals surface area contributed by atoms with Crippen molar-refractivity contribution in [2.24, 2.45) is 5.73 Å². The first-order valence-electron chi connectivity index (χ1n) is 6.60. The summed E-state index contributed by atoms with van der Waals surface area (Å²) >= 11 is 0. The Morgan fingerprint density at radius 3 is 2.27 bits per heavy atom. The second-order valence-corrected chi connectivity index (χ2v) is 5.73. The van der Waals surface area contributed by atoms with E-state index in [2.05, 4.69) is 5.32 Å². The van der Waals surface area contributed by atoms with Crippen LogP contribution in [0.25, 0.3) is 0 Å². The molecule has 2 amide bonds. The normalized spacial score (nSPS) is 12.3. The van der Waals surface area contributed by atoms with Gasteiger partial charge in [-0.05, 0) is 26.3 Å². The summed E-state index contributed by atoms with van der Waals surface area (Å²) < 4.78 is 5.06. The number of benzene rings is 1. The number of rotatable bonds is 5. The number of alkyl carbamates (subject to hydrolysis) is 1. The number of hydrogen-bond acceptors (Lipinski definition) is 5. The van der Waals surface area contributed by atoms with Crippen molar-refractivity contribution in [1.82, 2.24) is 5.32 Å². The van der Waals surface area contributed by atoms with E-state index >= 15 is 0 Å². The van der Waals surface area contributed by atoms with Gasteiger partial charge in [0.2, 0.25) is 5.91 Å². The smallest absolute Gasteiger partial charge is 0.408 e. The van der Waals surface area contributed by atoms with Gasteiger partial charge < -0.3 is 15.8 Å². The van der Waals surface area contributed by atoms with Gasteiger partial charge in [-0.3, -0.25) is 14.9 Å². The van der Waals surface area contributed by atoms with Gasteiger partial charge in [0.15, 0.2) is 0 Å². The van der Waals surface area contributed by atoms with Crippen LogP contribution in [0, 0.1) is 10.1 Å². The highest BCUT2D eigenvalue weighted by molar-refractivity contribution is 5.84. The average molecular weight is 309 g/mol. The first-order valence-corrected chi connectivity index (χ1v) is 6.60. The minimum atomic E-state index is -0.962. The van der Waals surface area contributed by atoms with E-state index in [0.717, 1.165) is 0 Å². The first-order chi connectivity index (χ1) is 10.1. The van der Waals surface area contributed by atoms with Crippen LogP contribution in [0.15, 0.2) is 24.3 Å². The van der Waals surface area contributed by atoms with E-state index in [0.29, 0.717) is 5.56 Å². The van der Waals surface area contributed by atoms with E-state index in [1.54, 1.807) is 20.8 Å². The lowest BCUT2D eigenvalue weighted by Crippen LogP contribution is -2.47. The molecule has 0 radical (unpaired) electrons. The molecule has 0 aliphatic rings. The molecule has 1 rings (SSSR count). The summed E-state index contributed by atoms with van der Waals surface area (Å²) in [7, 11) is 0. The summed E-state index contributed by atoms with van der Waals surface area (Å²) in [5.74, 6) is -0.718. The highest BCUT2D eigenvalue weighted by Crippen LogP contribution is 2.13. The van der Waals surface area contributed by atoms with Crippen molar-refractivity contribution >= 4 is 17.7 Å². The van der Waals surface area contributed by atoms with Gasteiger partial charge in [0, 0.05) is 18.6 Å². The summed E-state index contributed by atoms with van der Waals surface area (Å²) in [5, 5.41) is 13.0. The first kappa shape index (κ1) is 17.4. The largest absolute Gasteiger partial charge is 0.444 e. The SMILES string of the molecule is CC(C)(C)OC(=O)NC(Cc1ccc([N+](=O)[O-])cc1)C(N)=O. The fraction of sp³-hybridized carbons (Fsp3) is 0.429. The molecule has 0 saturated heterocycles. The molecule has 3 N–H and O–H groups in total. The minimum absolute atomic E-state index is 0.0560. The summed E-state index contributed by atoms with van der Waals surface area (Å²) in [6, 6.07) is 4.69. The molecule has 0 aliphatic heterocycles. The molecule has 0 aliphatic carbocycles. The van der Waals surface area contributed by atoms with Crippen LogP contribution >= 0.6 is 0 Å². The van der Waals surface area contributed by atoms with E-state index < -0.39 is 28.6 Å². The lowest BCUT2D eigenvalue weighted by Gasteiger charge is -2.22. The van der Waals surface area contributed by atoms with Gasteiger partial charge in [-0.15, -0.1) is 0 Å². The van der Waals surface area contributed by atoms with E-state index in [-0.39, 0.29) is 12.1 Å². The Bertz CT molecular complexity index is 563. The highest BCUT2D eigenvalue weighted by atomic mass is 16.6. The van der Waals surface area contributed by atoms with Gasteiger partial charge in [-0.2, -0.15) is 0 Å². The number of carbonyl (C=O) groups excluding carboxylic acids is 2. The zero-order valence-electron chi connectivity index (χ0n) is 12.7. The topological polar surface area (TPSA) is 125 Å². The number of primary amides is 1. The number of nitrogens with zero attached hydrogens (tertiary/aromatic N) is 1. The minimum Gasteiger partial charge on any atom is -0.444 e. The van der Waals surface area contributed by atoms with Crippen molar-refractivity contribution < 1.29 is 19.2 Å². The molecule has 1 aromatic carbocycles. The maximum Gasteiger partial charge on any atom is 0.408 e. The van der Waals surface area contributed by atoms with Crippen LogP contribution in [0.1, 0.15) is 26.3 Å². The van der Waals surface area contributed by atoms with E-state index in [1.165, 1.54) is 24.3 Å². The predicted octanol–water partition coefficient (Wildman–Crippen LogP) is 1.52. The molecule has 0 bridgehead atoms. The zero-order chi connectivity index (χ0) is 16.9. The maximum atomic E-state index is 11.7. The standard InChI is InChI=1S/C14H19N3O5/c1-14(2,3)22-13(19)16-11(12(15)18)8-9-4-6-10(7-5-9)17(20)21/h4-7,11H,8H2,1-3H3,(H2,15,18)(H,16,19). The molecule has 1 aromatic rings. The Morgan fingerprint density at radius 1 is 1.32 bits per heavy atom. The number of hydrogen-bond donors (Lipinski definition) is 2. The number of nitro groups is 1. The van der Waals surface area contributed by atoms with Gasteiger partial charge in [-0.1, -0.05) is 12.1 Å². The highest BCUT2D eigenvalue weighted by Gasteiger charge is 2.23. The molecule has 120 valence electrons.